The topological polar surface area (TPSA) is 3.24 Å². The van der Waals surface area contributed by atoms with Crippen molar-refractivity contribution in [1.82, 2.24) is 4.90 Å². The Morgan fingerprint density at radius 3 is 1.67 bits per heavy atom. The third kappa shape index (κ3) is 5.06. The molecule has 0 aromatic carbocycles. The van der Waals surface area contributed by atoms with Gasteiger partial charge in [0.15, 0.2) is 0 Å². The molecule has 0 unspecified atom stereocenters. The van der Waals surface area contributed by atoms with Crippen LogP contribution in [0.15, 0.2) is 0 Å². The summed E-state index contributed by atoms with van der Waals surface area (Å²) in [5.41, 5.74) is 0. The number of nitrogens with zero attached hydrogens (tertiary/aromatic N) is 1. The second-order valence-electron chi connectivity index (χ2n) is 2.94. The van der Waals surface area contributed by atoms with E-state index in [0.29, 0.717) is 0 Å². The molecule has 0 N–H and O–H groups in total. The Hall–Kier alpha value is 0.596. The van der Waals surface area contributed by atoms with Gasteiger partial charge in [0.1, 0.15) is 0 Å². The normalized spacial score (nSPS) is 10.3. The van der Waals surface area contributed by atoms with Gasteiger partial charge in [-0.1, -0.05) is 0 Å². The monoisotopic (exact) mass is 185 g/mol. The summed E-state index contributed by atoms with van der Waals surface area (Å²) in [4.78, 5) is 5.35. The van der Waals surface area contributed by atoms with E-state index in [-0.39, 0.29) is 0 Å². The Kier molecular flexibility index (Phi) is 5.74. The summed E-state index contributed by atoms with van der Waals surface area (Å²) in [6, 6.07) is 0. The quantitative estimate of drug-likeness (QED) is 0.603. The second-order valence-corrected chi connectivity index (χ2v) is 10.8. The van der Waals surface area contributed by atoms with Gasteiger partial charge >= 0.3 is 64.1 Å². The van der Waals surface area contributed by atoms with Crippen LogP contribution in [0.2, 0.25) is 9.95 Å². The van der Waals surface area contributed by atoms with Crippen LogP contribution in [0, 0.1) is 0 Å². The summed E-state index contributed by atoms with van der Waals surface area (Å²) in [6.07, 6.45) is 0. The van der Waals surface area contributed by atoms with Gasteiger partial charge in [0.05, 0.1) is 0 Å². The molecule has 9 heavy (non-hydrogen) atoms. The third-order valence-electron chi connectivity index (χ3n) is 1.78. The summed E-state index contributed by atoms with van der Waals surface area (Å²) in [5.74, 6) is 0. The third-order valence-corrected chi connectivity index (χ3v) is 9.24. The summed E-state index contributed by atoms with van der Waals surface area (Å²) >= 11 is -0.753. The molecule has 0 fully saturated rings. The molecular formula is C7H18GaN. The van der Waals surface area contributed by atoms with E-state index < -0.39 is 16.2 Å². The zero-order chi connectivity index (χ0) is 7.28. The fourth-order valence-corrected chi connectivity index (χ4v) is 5.52. The van der Waals surface area contributed by atoms with Gasteiger partial charge in [-0.05, 0) is 0 Å². The Morgan fingerprint density at radius 2 is 1.56 bits per heavy atom. The van der Waals surface area contributed by atoms with Crippen LogP contribution in [-0.2, 0) is 0 Å². The van der Waals surface area contributed by atoms with Gasteiger partial charge in [-0.3, -0.25) is 0 Å². The molecule has 0 aliphatic heterocycles. The fraction of sp³-hybridized carbons (Fsp3) is 1.00. The minimum atomic E-state index is -0.753. The Balaban J connectivity index is 3.31. The summed E-state index contributed by atoms with van der Waals surface area (Å²) in [6.45, 7) is 4.69. The molecule has 0 spiro atoms. The number of hydrogen-bond acceptors (Lipinski definition) is 1. The average molecular weight is 186 g/mol. The predicted octanol–water partition coefficient (Wildman–Crippen LogP) is 1.62. The maximum atomic E-state index is 2.34. The molecule has 2 heteroatoms. The Labute approximate surface area is 64.5 Å². The van der Waals surface area contributed by atoms with Crippen LogP contribution in [0.1, 0.15) is 13.8 Å². The Morgan fingerprint density at radius 1 is 1.11 bits per heavy atom. The van der Waals surface area contributed by atoms with Crippen LogP contribution in [0.4, 0.5) is 0 Å². The van der Waals surface area contributed by atoms with Crippen LogP contribution >= 0.6 is 0 Å². The fourth-order valence-electron chi connectivity index (χ4n) is 1.06. The molecule has 0 saturated carbocycles. The van der Waals surface area contributed by atoms with Crippen LogP contribution in [0.25, 0.3) is 0 Å². The van der Waals surface area contributed by atoms with E-state index in [0.717, 1.165) is 0 Å². The van der Waals surface area contributed by atoms with E-state index in [2.05, 4.69) is 32.8 Å². The first kappa shape index (κ1) is 9.60. The van der Waals surface area contributed by atoms with E-state index in [4.69, 9.17) is 0 Å². The van der Waals surface area contributed by atoms with Crippen molar-refractivity contribution in [3.8, 4) is 0 Å². The van der Waals surface area contributed by atoms with Crippen molar-refractivity contribution in [3.63, 3.8) is 0 Å². The second kappa shape index (κ2) is 5.39. The molecule has 0 aliphatic rings. The van der Waals surface area contributed by atoms with Crippen molar-refractivity contribution < 1.29 is 0 Å². The van der Waals surface area contributed by atoms with Crippen LogP contribution in [0.3, 0.4) is 0 Å². The van der Waals surface area contributed by atoms with Gasteiger partial charge < -0.3 is 0 Å². The van der Waals surface area contributed by atoms with E-state index in [1.54, 1.807) is 0 Å². The molecule has 0 bridgehead atoms. The molecule has 54 valence electrons. The average Bonchev–Trinajstić information content (AvgIpc) is 1.82. The van der Waals surface area contributed by atoms with Crippen molar-refractivity contribution >= 4 is 16.2 Å². The predicted molar refractivity (Wildman–Crippen MR) is 45.3 cm³/mol. The molecule has 0 heterocycles. The van der Waals surface area contributed by atoms with Gasteiger partial charge in [-0.25, -0.2) is 0 Å². The van der Waals surface area contributed by atoms with E-state index >= 15 is 0 Å². The van der Waals surface area contributed by atoms with Crippen molar-refractivity contribution in [2.24, 2.45) is 0 Å². The number of rotatable bonds is 4. The SMILES string of the molecule is C[CH2][Ga]([CH2]C)[CH2]N(C)C. The van der Waals surface area contributed by atoms with Crippen molar-refractivity contribution in [3.05, 3.63) is 0 Å². The van der Waals surface area contributed by atoms with Crippen LogP contribution in [0.5, 0.6) is 0 Å². The summed E-state index contributed by atoms with van der Waals surface area (Å²) in [7, 11) is 4.37. The minimum absolute atomic E-state index is 0.753. The van der Waals surface area contributed by atoms with Crippen molar-refractivity contribution in [2.75, 3.05) is 19.2 Å². The van der Waals surface area contributed by atoms with Crippen LogP contribution in [-0.4, -0.2) is 40.3 Å². The first-order chi connectivity index (χ1) is 4.20. The van der Waals surface area contributed by atoms with E-state index in [9.17, 15) is 0 Å². The van der Waals surface area contributed by atoms with Gasteiger partial charge in [-0.2, -0.15) is 0 Å². The molecule has 0 atom stereocenters. The van der Waals surface area contributed by atoms with E-state index in [1.165, 1.54) is 15.0 Å². The van der Waals surface area contributed by atoms with Crippen molar-refractivity contribution in [1.29, 1.82) is 0 Å². The Bertz CT molecular complexity index is 59.9. The molecule has 0 aliphatic carbocycles. The van der Waals surface area contributed by atoms with Gasteiger partial charge in [0.2, 0.25) is 0 Å². The number of hydrogen-bond donors (Lipinski definition) is 0. The standard InChI is InChI=1S/C3H8N.2C2H5.Ga/c1-4(2)3;2*1-2;/h1H2,2-3H3;2*1H2,2H3;. The molecule has 0 saturated heterocycles. The first-order valence-corrected chi connectivity index (χ1v) is 8.99. The van der Waals surface area contributed by atoms with Crippen molar-refractivity contribution in [2.45, 2.75) is 23.8 Å². The van der Waals surface area contributed by atoms with Gasteiger partial charge in [0.25, 0.3) is 0 Å². The van der Waals surface area contributed by atoms with Gasteiger partial charge in [0, 0.05) is 0 Å². The van der Waals surface area contributed by atoms with Crippen LogP contribution < -0.4 is 0 Å². The maximum absolute atomic E-state index is 2.34. The molecule has 1 nitrogen and oxygen atoms in total. The molecular weight excluding hydrogens is 168 g/mol. The molecule has 0 aromatic rings. The molecule has 0 rings (SSSR count). The zero-order valence-electron chi connectivity index (χ0n) is 7.15. The molecule has 0 aromatic heterocycles. The van der Waals surface area contributed by atoms with E-state index in [1.807, 2.05) is 0 Å². The summed E-state index contributed by atoms with van der Waals surface area (Å²) in [5, 5.41) is 1.43. The summed E-state index contributed by atoms with van der Waals surface area (Å²) < 4.78 is 0. The molecule has 0 amide bonds. The zero-order valence-corrected chi connectivity index (χ0v) is 9.57. The molecule has 0 radical (unpaired) electrons. The van der Waals surface area contributed by atoms with Gasteiger partial charge in [-0.15, -0.1) is 0 Å². The first-order valence-electron chi connectivity index (χ1n) is 3.85.